The highest BCUT2D eigenvalue weighted by Gasteiger charge is 2.35. The molecule has 5 rings (SSSR count). The van der Waals surface area contributed by atoms with Crippen molar-refractivity contribution in [3.8, 4) is 11.6 Å². The van der Waals surface area contributed by atoms with E-state index in [-0.39, 0.29) is 5.41 Å². The van der Waals surface area contributed by atoms with E-state index in [1.165, 1.54) is 11.1 Å². The Balaban J connectivity index is 1.20. The van der Waals surface area contributed by atoms with Crippen LogP contribution < -0.4 is 9.47 Å². The summed E-state index contributed by atoms with van der Waals surface area (Å²) in [4.78, 5) is 11.4. The molecule has 2 aromatic carbocycles. The number of benzene rings is 2. The lowest BCUT2D eigenvalue weighted by atomic mass is 9.73. The van der Waals surface area contributed by atoms with Crippen LogP contribution in [0.1, 0.15) is 44.0 Å². The fraction of sp³-hybridized carbons (Fsp3) is 0.276. The molecule has 2 heterocycles. The number of imidazole rings is 1. The molecular weight excluding hydrogens is 422 g/mol. The monoisotopic (exact) mass is 453 g/mol. The van der Waals surface area contributed by atoms with Gasteiger partial charge >= 0.3 is 0 Å². The maximum absolute atomic E-state index is 5.97. The molecule has 5 nitrogen and oxygen atoms in total. The SMILES string of the molecule is CCCC1=CCC(c2ccccc2)(c2ncc(OCCCOc3ccc4[nH]ccc4c3)[nH]2)C=C1. The summed E-state index contributed by atoms with van der Waals surface area (Å²) >= 11 is 0. The average Bonchev–Trinajstić information content (AvgIpc) is 3.55. The van der Waals surface area contributed by atoms with E-state index in [1.807, 2.05) is 24.4 Å². The Labute approximate surface area is 200 Å². The van der Waals surface area contributed by atoms with Crippen LogP contribution in [-0.2, 0) is 5.41 Å². The summed E-state index contributed by atoms with van der Waals surface area (Å²) in [6, 6.07) is 18.7. The van der Waals surface area contributed by atoms with Crippen LogP contribution in [0.15, 0.2) is 90.8 Å². The minimum absolute atomic E-state index is 0.305. The van der Waals surface area contributed by atoms with E-state index in [0.717, 1.165) is 48.2 Å². The van der Waals surface area contributed by atoms with Crippen LogP contribution in [0.3, 0.4) is 0 Å². The lowest BCUT2D eigenvalue weighted by Gasteiger charge is -2.31. The number of aromatic nitrogens is 3. The molecule has 0 aliphatic heterocycles. The molecule has 0 bridgehead atoms. The predicted molar refractivity (Wildman–Crippen MR) is 136 cm³/mol. The number of nitrogens with one attached hydrogen (secondary N) is 2. The van der Waals surface area contributed by atoms with Crippen molar-refractivity contribution >= 4 is 10.9 Å². The number of aromatic amines is 2. The van der Waals surface area contributed by atoms with Crippen LogP contribution in [0.5, 0.6) is 11.6 Å². The summed E-state index contributed by atoms with van der Waals surface area (Å²) in [6.45, 7) is 3.37. The number of fused-ring (bicyclic) bond motifs is 1. The van der Waals surface area contributed by atoms with Gasteiger partial charge < -0.3 is 19.4 Å². The second-order valence-electron chi connectivity index (χ2n) is 8.78. The van der Waals surface area contributed by atoms with E-state index in [4.69, 9.17) is 14.5 Å². The first-order valence-electron chi connectivity index (χ1n) is 12.1. The molecule has 2 aromatic heterocycles. The number of H-pyrrole nitrogens is 2. The summed E-state index contributed by atoms with van der Waals surface area (Å²) in [7, 11) is 0. The van der Waals surface area contributed by atoms with E-state index in [1.54, 1.807) is 6.20 Å². The van der Waals surface area contributed by atoms with Gasteiger partial charge in [0.2, 0.25) is 5.88 Å². The molecule has 0 saturated heterocycles. The third kappa shape index (κ3) is 4.65. The van der Waals surface area contributed by atoms with Crippen LogP contribution in [-0.4, -0.2) is 28.2 Å². The molecule has 1 unspecified atom stereocenters. The molecule has 2 N–H and O–H groups in total. The largest absolute Gasteiger partial charge is 0.493 e. The molecule has 174 valence electrons. The zero-order chi connectivity index (χ0) is 23.2. The fourth-order valence-corrected chi connectivity index (χ4v) is 4.57. The maximum atomic E-state index is 5.97. The molecule has 0 amide bonds. The van der Waals surface area contributed by atoms with Gasteiger partial charge in [0.1, 0.15) is 11.6 Å². The van der Waals surface area contributed by atoms with Gasteiger partial charge in [-0.15, -0.1) is 0 Å². The summed E-state index contributed by atoms with van der Waals surface area (Å²) in [5, 5.41) is 1.15. The molecule has 1 aliphatic carbocycles. The molecule has 5 heteroatoms. The van der Waals surface area contributed by atoms with Gasteiger partial charge in [-0.05, 0) is 42.7 Å². The molecule has 0 radical (unpaired) electrons. The Bertz CT molecular complexity index is 1280. The summed E-state index contributed by atoms with van der Waals surface area (Å²) < 4.78 is 11.9. The minimum atomic E-state index is -0.305. The van der Waals surface area contributed by atoms with E-state index in [9.17, 15) is 0 Å². The Morgan fingerprint density at radius 3 is 2.74 bits per heavy atom. The first kappa shape index (κ1) is 22.1. The van der Waals surface area contributed by atoms with Gasteiger partial charge in [0.05, 0.1) is 24.8 Å². The van der Waals surface area contributed by atoms with Gasteiger partial charge in [-0.1, -0.05) is 67.5 Å². The summed E-state index contributed by atoms with van der Waals surface area (Å²) in [5.41, 5.74) is 3.43. The van der Waals surface area contributed by atoms with Gasteiger partial charge in [-0.25, -0.2) is 4.98 Å². The Hall–Kier alpha value is -3.73. The normalized spacial score (nSPS) is 17.6. The molecule has 0 spiro atoms. The molecule has 0 fully saturated rings. The third-order valence-corrected chi connectivity index (χ3v) is 6.41. The minimum Gasteiger partial charge on any atom is -0.493 e. The second-order valence-corrected chi connectivity index (χ2v) is 8.78. The average molecular weight is 454 g/mol. The highest BCUT2D eigenvalue weighted by molar-refractivity contribution is 5.80. The lowest BCUT2D eigenvalue weighted by molar-refractivity contribution is 0.242. The Morgan fingerprint density at radius 2 is 1.91 bits per heavy atom. The Kier molecular flexibility index (Phi) is 6.52. The van der Waals surface area contributed by atoms with E-state index >= 15 is 0 Å². The van der Waals surface area contributed by atoms with E-state index in [2.05, 4.69) is 71.5 Å². The van der Waals surface area contributed by atoms with Crippen molar-refractivity contribution in [2.45, 2.75) is 38.0 Å². The van der Waals surface area contributed by atoms with E-state index in [0.29, 0.717) is 19.1 Å². The third-order valence-electron chi connectivity index (χ3n) is 6.41. The quantitative estimate of drug-likeness (QED) is 0.262. The molecule has 4 aromatic rings. The topological polar surface area (TPSA) is 62.9 Å². The van der Waals surface area contributed by atoms with Crippen LogP contribution in [0, 0.1) is 0 Å². The zero-order valence-corrected chi connectivity index (χ0v) is 19.6. The van der Waals surface area contributed by atoms with Crippen molar-refractivity contribution in [1.82, 2.24) is 15.0 Å². The zero-order valence-electron chi connectivity index (χ0n) is 19.6. The number of allylic oxidation sites excluding steroid dienone is 4. The number of hydrogen-bond acceptors (Lipinski definition) is 3. The highest BCUT2D eigenvalue weighted by Crippen LogP contribution is 2.40. The van der Waals surface area contributed by atoms with Crippen LogP contribution in [0.2, 0.25) is 0 Å². The van der Waals surface area contributed by atoms with Gasteiger partial charge in [0, 0.05) is 23.5 Å². The van der Waals surface area contributed by atoms with Crippen molar-refractivity contribution < 1.29 is 9.47 Å². The molecule has 1 aliphatic rings. The molecule has 0 saturated carbocycles. The van der Waals surface area contributed by atoms with Crippen molar-refractivity contribution in [2.24, 2.45) is 0 Å². The maximum Gasteiger partial charge on any atom is 0.211 e. The van der Waals surface area contributed by atoms with Gasteiger partial charge in [-0.2, -0.15) is 0 Å². The fourth-order valence-electron chi connectivity index (χ4n) is 4.57. The second kappa shape index (κ2) is 10.0. The van der Waals surface area contributed by atoms with Crippen LogP contribution in [0.25, 0.3) is 10.9 Å². The number of hydrogen-bond donors (Lipinski definition) is 2. The standard InChI is InChI=1S/C29H31N3O2/c1-2-7-22-12-15-29(16-13-22,24-8-4-3-5-9-24)28-31-21-27(32-28)34-19-6-18-33-25-10-11-26-23(20-25)14-17-30-26/h3-5,8-15,17,20-21,30H,2,6-7,16,18-19H2,1H3,(H,31,32). The predicted octanol–water partition coefficient (Wildman–Crippen LogP) is 6.71. The van der Waals surface area contributed by atoms with Crippen molar-refractivity contribution in [3.63, 3.8) is 0 Å². The first-order chi connectivity index (χ1) is 16.8. The summed E-state index contributed by atoms with van der Waals surface area (Å²) in [5.74, 6) is 2.48. The van der Waals surface area contributed by atoms with Crippen molar-refractivity contribution in [1.29, 1.82) is 0 Å². The smallest absolute Gasteiger partial charge is 0.211 e. The van der Waals surface area contributed by atoms with Crippen LogP contribution in [0.4, 0.5) is 0 Å². The van der Waals surface area contributed by atoms with Crippen molar-refractivity contribution in [3.05, 3.63) is 102 Å². The van der Waals surface area contributed by atoms with Gasteiger partial charge in [0.15, 0.2) is 0 Å². The van der Waals surface area contributed by atoms with Gasteiger partial charge in [-0.3, -0.25) is 0 Å². The molecule has 34 heavy (non-hydrogen) atoms. The first-order valence-corrected chi connectivity index (χ1v) is 12.1. The molecule has 1 atom stereocenters. The number of rotatable bonds is 10. The number of ether oxygens (including phenoxy) is 2. The lowest BCUT2D eigenvalue weighted by Crippen LogP contribution is -2.28. The number of nitrogens with zero attached hydrogens (tertiary/aromatic N) is 1. The van der Waals surface area contributed by atoms with E-state index < -0.39 is 0 Å². The Morgan fingerprint density at radius 1 is 1.03 bits per heavy atom. The van der Waals surface area contributed by atoms with Gasteiger partial charge in [0.25, 0.3) is 0 Å². The van der Waals surface area contributed by atoms with Crippen molar-refractivity contribution in [2.75, 3.05) is 13.2 Å². The summed E-state index contributed by atoms with van der Waals surface area (Å²) in [6.07, 6.45) is 14.6. The molecular formula is C29H31N3O2. The van der Waals surface area contributed by atoms with Crippen LogP contribution >= 0.6 is 0 Å². The highest BCUT2D eigenvalue weighted by atomic mass is 16.5.